The minimum atomic E-state index is -2.74. The fourth-order valence-corrected chi connectivity index (χ4v) is 2.72. The van der Waals surface area contributed by atoms with Gasteiger partial charge in [-0.05, 0) is 30.3 Å². The number of anilines is 1. The highest BCUT2D eigenvalue weighted by Gasteiger charge is 2.27. The number of hydrogen-bond donors (Lipinski definition) is 0. The zero-order valence-corrected chi connectivity index (χ0v) is 14.9. The number of halogens is 5. The normalized spacial score (nSPS) is 10.8. The number of carbonyl (C=O) groups excluding carboxylic acids is 2. The third-order valence-electron chi connectivity index (χ3n) is 3.57. The van der Waals surface area contributed by atoms with Crippen LogP contribution in [0.1, 0.15) is 10.4 Å². The lowest BCUT2D eigenvalue weighted by atomic mass is 10.2. The van der Waals surface area contributed by atoms with Gasteiger partial charge in [-0.25, -0.2) is 18.0 Å². The van der Waals surface area contributed by atoms with Crippen molar-refractivity contribution in [1.82, 2.24) is 4.90 Å². The Morgan fingerprint density at radius 1 is 1.00 bits per heavy atom. The molecule has 27 heavy (non-hydrogen) atoms. The smallest absolute Gasteiger partial charge is 0.294 e. The number of nitrogens with zero attached hydrogens (tertiary/aromatic N) is 2. The van der Waals surface area contributed by atoms with Gasteiger partial charge in [0.2, 0.25) is 0 Å². The molecule has 0 unspecified atom stereocenters. The van der Waals surface area contributed by atoms with Gasteiger partial charge in [0.1, 0.15) is 5.82 Å². The summed E-state index contributed by atoms with van der Waals surface area (Å²) in [5, 5.41) is 0. The lowest BCUT2D eigenvalue weighted by Gasteiger charge is -2.24. The second kappa shape index (κ2) is 8.38. The standard InChI is InChI=1S/C17H13F5N2O2S/c1-23(13-7-6-9(8-12(13)19)27-16(21)22)17(26)24(2)15(25)10-4-3-5-11(18)14(10)20/h3-8,16H,1-2H3. The van der Waals surface area contributed by atoms with E-state index >= 15 is 0 Å². The van der Waals surface area contributed by atoms with E-state index in [1.807, 2.05) is 0 Å². The maximum absolute atomic E-state index is 14.2. The van der Waals surface area contributed by atoms with Crippen molar-refractivity contribution in [1.29, 1.82) is 0 Å². The van der Waals surface area contributed by atoms with Crippen molar-refractivity contribution in [2.75, 3.05) is 19.0 Å². The molecule has 2 aromatic rings. The molecule has 0 bridgehead atoms. The largest absolute Gasteiger partial charge is 0.331 e. The average Bonchev–Trinajstić information content (AvgIpc) is 2.61. The van der Waals surface area contributed by atoms with Crippen molar-refractivity contribution in [3.63, 3.8) is 0 Å². The highest BCUT2D eigenvalue weighted by Crippen LogP contribution is 2.29. The Morgan fingerprint density at radius 2 is 1.67 bits per heavy atom. The first-order chi connectivity index (χ1) is 12.6. The van der Waals surface area contributed by atoms with Crippen molar-refractivity contribution in [3.8, 4) is 0 Å². The fraction of sp³-hybridized carbons (Fsp3) is 0.176. The molecule has 0 saturated carbocycles. The van der Waals surface area contributed by atoms with Crippen LogP contribution in [0.5, 0.6) is 0 Å². The number of rotatable bonds is 4. The first-order valence-electron chi connectivity index (χ1n) is 7.37. The molecule has 3 amide bonds. The first-order valence-corrected chi connectivity index (χ1v) is 8.25. The maximum atomic E-state index is 14.2. The van der Waals surface area contributed by atoms with E-state index in [1.54, 1.807) is 0 Å². The Balaban J connectivity index is 2.23. The Hall–Kier alpha value is -2.62. The first kappa shape index (κ1) is 20.7. The van der Waals surface area contributed by atoms with Crippen molar-refractivity contribution in [2.24, 2.45) is 0 Å². The third-order valence-corrected chi connectivity index (χ3v) is 4.27. The van der Waals surface area contributed by atoms with Crippen LogP contribution >= 0.6 is 11.8 Å². The van der Waals surface area contributed by atoms with Crippen molar-refractivity contribution in [2.45, 2.75) is 10.7 Å². The molecule has 0 atom stereocenters. The summed E-state index contributed by atoms with van der Waals surface area (Å²) in [5.74, 6) is -7.50. The summed E-state index contributed by atoms with van der Waals surface area (Å²) < 4.78 is 65.8. The predicted octanol–water partition coefficient (Wildman–Crippen LogP) is 4.75. The number of carbonyl (C=O) groups is 2. The van der Waals surface area contributed by atoms with Crippen LogP contribution in [0.25, 0.3) is 0 Å². The Bertz CT molecular complexity index is 878. The summed E-state index contributed by atoms with van der Waals surface area (Å²) in [6.07, 6.45) is 0. The predicted molar refractivity (Wildman–Crippen MR) is 90.5 cm³/mol. The zero-order valence-electron chi connectivity index (χ0n) is 14.1. The molecule has 0 aromatic heterocycles. The molecule has 144 valence electrons. The highest BCUT2D eigenvalue weighted by atomic mass is 32.2. The molecule has 0 radical (unpaired) electrons. The van der Waals surface area contributed by atoms with Gasteiger partial charge >= 0.3 is 6.03 Å². The number of imide groups is 1. The van der Waals surface area contributed by atoms with Crippen molar-refractivity contribution in [3.05, 3.63) is 59.4 Å². The van der Waals surface area contributed by atoms with E-state index in [4.69, 9.17) is 0 Å². The summed E-state index contributed by atoms with van der Waals surface area (Å²) >= 11 is 0.134. The fourth-order valence-electron chi connectivity index (χ4n) is 2.20. The molecular formula is C17H13F5N2O2S. The van der Waals surface area contributed by atoms with Gasteiger partial charge in [-0.15, -0.1) is 0 Å². The van der Waals surface area contributed by atoms with E-state index in [1.165, 1.54) is 6.07 Å². The van der Waals surface area contributed by atoms with Gasteiger partial charge in [0.25, 0.3) is 11.7 Å². The molecule has 0 aliphatic carbocycles. The zero-order chi connectivity index (χ0) is 20.3. The molecule has 0 spiro atoms. The summed E-state index contributed by atoms with van der Waals surface area (Å²) in [4.78, 5) is 25.8. The molecule has 0 saturated heterocycles. The monoisotopic (exact) mass is 404 g/mol. The molecule has 0 fully saturated rings. The number of alkyl halides is 2. The number of hydrogen-bond acceptors (Lipinski definition) is 3. The van der Waals surface area contributed by atoms with Gasteiger partial charge in [-0.1, -0.05) is 17.8 Å². The summed E-state index contributed by atoms with van der Waals surface area (Å²) in [6.45, 7) is 0. The average molecular weight is 404 g/mol. The van der Waals surface area contributed by atoms with E-state index < -0.39 is 40.7 Å². The van der Waals surface area contributed by atoms with Gasteiger partial charge in [0, 0.05) is 19.0 Å². The summed E-state index contributed by atoms with van der Waals surface area (Å²) in [6, 6.07) is 5.00. The molecule has 0 aliphatic heterocycles. The molecule has 2 aromatic carbocycles. The van der Waals surface area contributed by atoms with Crippen molar-refractivity contribution < 1.29 is 31.5 Å². The van der Waals surface area contributed by atoms with Gasteiger partial charge in [0.15, 0.2) is 11.6 Å². The van der Waals surface area contributed by atoms with Crippen LogP contribution in [0.3, 0.4) is 0 Å². The summed E-state index contributed by atoms with van der Waals surface area (Å²) in [5.41, 5.74) is -0.943. The van der Waals surface area contributed by atoms with E-state index in [2.05, 4.69) is 0 Å². The van der Waals surface area contributed by atoms with E-state index in [-0.39, 0.29) is 22.3 Å². The number of amides is 3. The number of urea groups is 1. The maximum Gasteiger partial charge on any atom is 0.331 e. The molecule has 0 heterocycles. The van der Waals surface area contributed by atoms with E-state index in [9.17, 15) is 31.5 Å². The van der Waals surface area contributed by atoms with Crippen LogP contribution in [0, 0.1) is 17.5 Å². The van der Waals surface area contributed by atoms with Crippen LogP contribution in [0.4, 0.5) is 32.4 Å². The minimum absolute atomic E-state index is 0.0432. The second-order valence-electron chi connectivity index (χ2n) is 5.30. The topological polar surface area (TPSA) is 40.6 Å². The van der Waals surface area contributed by atoms with Crippen molar-refractivity contribution >= 4 is 29.4 Å². The van der Waals surface area contributed by atoms with Gasteiger partial charge < -0.3 is 0 Å². The van der Waals surface area contributed by atoms with Gasteiger partial charge in [-0.3, -0.25) is 14.6 Å². The Kier molecular flexibility index (Phi) is 6.42. The lowest BCUT2D eigenvalue weighted by molar-refractivity contribution is 0.0831. The van der Waals surface area contributed by atoms with Gasteiger partial charge in [0.05, 0.1) is 11.3 Å². The summed E-state index contributed by atoms with van der Waals surface area (Å²) in [7, 11) is 2.16. The number of benzene rings is 2. The third kappa shape index (κ3) is 4.57. The molecule has 0 N–H and O–H groups in total. The van der Waals surface area contributed by atoms with Crippen LogP contribution < -0.4 is 4.90 Å². The van der Waals surface area contributed by atoms with Gasteiger partial charge in [-0.2, -0.15) is 8.78 Å². The van der Waals surface area contributed by atoms with Crippen LogP contribution in [-0.2, 0) is 0 Å². The SMILES string of the molecule is CN(C(=O)c1cccc(F)c1F)C(=O)N(C)c1ccc(SC(F)F)cc1F. The molecule has 4 nitrogen and oxygen atoms in total. The molecule has 0 aliphatic rings. The molecule has 2 rings (SSSR count). The Morgan fingerprint density at radius 3 is 2.26 bits per heavy atom. The van der Waals surface area contributed by atoms with Crippen LogP contribution in [0.15, 0.2) is 41.3 Å². The number of thioether (sulfide) groups is 1. The quantitative estimate of drug-likeness (QED) is 0.546. The minimum Gasteiger partial charge on any atom is -0.294 e. The lowest BCUT2D eigenvalue weighted by Crippen LogP contribution is -2.43. The van der Waals surface area contributed by atoms with Crippen LogP contribution in [-0.4, -0.2) is 36.7 Å². The van der Waals surface area contributed by atoms with E-state index in [0.29, 0.717) is 4.90 Å². The second-order valence-corrected chi connectivity index (χ2v) is 6.36. The molecule has 10 heteroatoms. The van der Waals surface area contributed by atoms with Crippen LogP contribution in [0.2, 0.25) is 0 Å². The molecular weight excluding hydrogens is 391 g/mol. The Labute approximate surface area is 155 Å². The highest BCUT2D eigenvalue weighted by molar-refractivity contribution is 7.99. The van der Waals surface area contributed by atoms with E-state index in [0.717, 1.165) is 49.3 Å².